The van der Waals surface area contributed by atoms with E-state index in [0.717, 1.165) is 22.0 Å². The van der Waals surface area contributed by atoms with Gasteiger partial charge in [-0.25, -0.2) is 4.79 Å². The molecular formula is C17H22N4O3S2. The Bertz CT molecular complexity index is 883. The second-order valence-corrected chi connectivity index (χ2v) is 9.33. The van der Waals surface area contributed by atoms with Gasteiger partial charge in [0.15, 0.2) is 0 Å². The lowest BCUT2D eigenvalue weighted by Crippen LogP contribution is -2.55. The summed E-state index contributed by atoms with van der Waals surface area (Å²) < 4.78 is 8.81. The third kappa shape index (κ3) is 3.26. The van der Waals surface area contributed by atoms with Crippen LogP contribution in [0.25, 0.3) is 0 Å². The van der Waals surface area contributed by atoms with Crippen LogP contribution in [-0.2, 0) is 16.7 Å². The number of hydrogen-bond donors (Lipinski definition) is 2. The van der Waals surface area contributed by atoms with Gasteiger partial charge in [-0.1, -0.05) is 4.49 Å². The van der Waals surface area contributed by atoms with Crippen LogP contribution in [-0.4, -0.2) is 34.1 Å². The van der Waals surface area contributed by atoms with Crippen molar-refractivity contribution in [2.75, 3.05) is 12.4 Å². The summed E-state index contributed by atoms with van der Waals surface area (Å²) in [5, 5.41) is 10.9. The molecule has 3 rings (SSSR count). The average Bonchev–Trinajstić information content (AvgIpc) is 3.09. The summed E-state index contributed by atoms with van der Waals surface area (Å²) in [6.45, 7) is 10.1. The van der Waals surface area contributed by atoms with E-state index in [0.29, 0.717) is 27.6 Å². The number of esters is 1. The molecule has 1 amide bonds. The number of thiophene rings is 1. The number of nitrogens with one attached hydrogen (secondary N) is 2. The molecule has 9 heteroatoms. The minimum Gasteiger partial charge on any atom is -0.465 e. The van der Waals surface area contributed by atoms with E-state index in [9.17, 15) is 9.59 Å². The molecule has 3 heterocycles. The molecule has 2 N–H and O–H groups in total. The van der Waals surface area contributed by atoms with Crippen molar-refractivity contribution in [2.45, 2.75) is 52.1 Å². The molecule has 0 fully saturated rings. The maximum Gasteiger partial charge on any atom is 0.341 e. The van der Waals surface area contributed by atoms with Crippen molar-refractivity contribution in [2.24, 2.45) is 0 Å². The van der Waals surface area contributed by atoms with Crippen LogP contribution in [0, 0.1) is 6.92 Å². The zero-order valence-corrected chi connectivity index (χ0v) is 17.3. The summed E-state index contributed by atoms with van der Waals surface area (Å²) in [6, 6.07) is 0. The molecule has 0 atom stereocenters. The zero-order valence-electron chi connectivity index (χ0n) is 15.6. The minimum atomic E-state index is -0.439. The molecule has 2 aromatic heterocycles. The molecule has 0 aromatic carbocycles. The van der Waals surface area contributed by atoms with Crippen LogP contribution < -0.4 is 10.6 Å². The van der Waals surface area contributed by atoms with Gasteiger partial charge in [0.25, 0.3) is 5.91 Å². The summed E-state index contributed by atoms with van der Waals surface area (Å²) in [4.78, 5) is 26.6. The number of anilines is 1. The maximum absolute atomic E-state index is 12.6. The Morgan fingerprint density at radius 3 is 2.54 bits per heavy atom. The molecule has 26 heavy (non-hydrogen) atoms. The lowest BCUT2D eigenvalue weighted by molar-refractivity contribution is 0.0600. The van der Waals surface area contributed by atoms with Crippen molar-refractivity contribution in [1.82, 2.24) is 14.9 Å². The first-order valence-electron chi connectivity index (χ1n) is 8.20. The van der Waals surface area contributed by atoms with Gasteiger partial charge in [0.1, 0.15) is 9.88 Å². The number of amides is 1. The molecule has 0 unspecified atom stereocenters. The van der Waals surface area contributed by atoms with Gasteiger partial charge in [-0.2, -0.15) is 0 Å². The van der Waals surface area contributed by atoms with Crippen molar-refractivity contribution >= 4 is 39.7 Å². The van der Waals surface area contributed by atoms with E-state index in [2.05, 4.69) is 47.9 Å². The van der Waals surface area contributed by atoms with Crippen LogP contribution in [0.4, 0.5) is 5.00 Å². The van der Waals surface area contributed by atoms with Crippen molar-refractivity contribution in [3.8, 4) is 0 Å². The molecule has 0 saturated heterocycles. The van der Waals surface area contributed by atoms with E-state index in [1.54, 1.807) is 6.92 Å². The summed E-state index contributed by atoms with van der Waals surface area (Å²) in [6.07, 6.45) is 0.670. The van der Waals surface area contributed by atoms with Crippen LogP contribution in [0.1, 0.15) is 63.9 Å². The Morgan fingerprint density at radius 2 is 1.96 bits per heavy atom. The topological polar surface area (TPSA) is 93.2 Å². The van der Waals surface area contributed by atoms with Crippen LogP contribution in [0.5, 0.6) is 0 Å². The SMILES string of the molecule is COC(=O)c1c(NC(=O)c2snnc2C)sc2c1CC(C)(C)NC2(C)C. The first-order valence-corrected chi connectivity index (χ1v) is 9.79. The van der Waals surface area contributed by atoms with Crippen molar-refractivity contribution < 1.29 is 14.3 Å². The number of nitrogens with zero attached hydrogens (tertiary/aromatic N) is 2. The number of aryl methyl sites for hydroxylation is 1. The van der Waals surface area contributed by atoms with Crippen LogP contribution in [0.15, 0.2) is 0 Å². The fourth-order valence-corrected chi connectivity index (χ4v) is 5.35. The highest BCUT2D eigenvalue weighted by atomic mass is 32.1. The van der Waals surface area contributed by atoms with E-state index in [1.807, 2.05) is 0 Å². The molecule has 1 aliphatic rings. The number of ether oxygens (including phenoxy) is 1. The monoisotopic (exact) mass is 394 g/mol. The number of carbonyl (C=O) groups excluding carboxylic acids is 2. The molecule has 0 bridgehead atoms. The number of rotatable bonds is 3. The Morgan fingerprint density at radius 1 is 1.27 bits per heavy atom. The molecule has 0 radical (unpaired) electrons. The van der Waals surface area contributed by atoms with Gasteiger partial charge >= 0.3 is 5.97 Å². The van der Waals surface area contributed by atoms with Gasteiger partial charge in [0.05, 0.1) is 18.4 Å². The van der Waals surface area contributed by atoms with E-state index < -0.39 is 5.97 Å². The largest absolute Gasteiger partial charge is 0.465 e. The number of hydrogen-bond acceptors (Lipinski definition) is 8. The Labute approximate surface area is 160 Å². The summed E-state index contributed by atoms with van der Waals surface area (Å²) in [5.41, 5.74) is 1.44. The first kappa shape index (κ1) is 18.9. The highest BCUT2D eigenvalue weighted by molar-refractivity contribution is 7.17. The number of aromatic nitrogens is 2. The number of carbonyl (C=O) groups is 2. The van der Waals surface area contributed by atoms with Gasteiger partial charge in [-0.15, -0.1) is 16.4 Å². The number of fused-ring (bicyclic) bond motifs is 1. The van der Waals surface area contributed by atoms with E-state index in [4.69, 9.17) is 4.74 Å². The quantitative estimate of drug-likeness (QED) is 0.777. The molecular weight excluding hydrogens is 372 g/mol. The predicted molar refractivity (Wildman–Crippen MR) is 102 cm³/mol. The normalized spacial score (nSPS) is 17.5. The lowest BCUT2D eigenvalue weighted by Gasteiger charge is -2.42. The zero-order chi connectivity index (χ0) is 19.3. The predicted octanol–water partition coefficient (Wildman–Crippen LogP) is 3.11. The fraction of sp³-hybridized carbons (Fsp3) is 0.529. The maximum atomic E-state index is 12.6. The molecule has 2 aromatic rings. The highest BCUT2D eigenvalue weighted by Gasteiger charge is 2.42. The second-order valence-electron chi connectivity index (χ2n) is 7.56. The number of methoxy groups -OCH3 is 1. The van der Waals surface area contributed by atoms with Gasteiger partial charge in [-0.3, -0.25) is 4.79 Å². The smallest absolute Gasteiger partial charge is 0.341 e. The van der Waals surface area contributed by atoms with Crippen molar-refractivity contribution in [3.05, 3.63) is 26.6 Å². The molecule has 1 aliphatic heterocycles. The van der Waals surface area contributed by atoms with Gasteiger partial charge < -0.3 is 15.4 Å². The van der Waals surface area contributed by atoms with E-state index in [1.165, 1.54) is 18.4 Å². The molecule has 0 spiro atoms. The second kappa shape index (κ2) is 6.40. The first-order chi connectivity index (χ1) is 12.1. The Kier molecular flexibility index (Phi) is 4.66. The summed E-state index contributed by atoms with van der Waals surface area (Å²) in [7, 11) is 1.35. The Balaban J connectivity index is 2.09. The molecule has 0 saturated carbocycles. The fourth-order valence-electron chi connectivity index (χ4n) is 3.53. The van der Waals surface area contributed by atoms with E-state index in [-0.39, 0.29) is 17.0 Å². The third-order valence-electron chi connectivity index (χ3n) is 4.32. The summed E-state index contributed by atoms with van der Waals surface area (Å²) >= 11 is 2.45. The standard InChI is InChI=1S/C17H22N4O3S2/c1-8-11(26-21-19-8)13(22)18-14-10(15(23)24-6)9-7-16(2,3)20-17(4,5)12(9)25-14/h20H,7H2,1-6H3,(H,18,22). The highest BCUT2D eigenvalue weighted by Crippen LogP contribution is 2.45. The summed E-state index contributed by atoms with van der Waals surface area (Å²) in [5.74, 6) is -0.753. The van der Waals surface area contributed by atoms with Gasteiger partial charge in [-0.05, 0) is 58.1 Å². The van der Waals surface area contributed by atoms with Crippen molar-refractivity contribution in [1.29, 1.82) is 0 Å². The van der Waals surface area contributed by atoms with Crippen LogP contribution in [0.2, 0.25) is 0 Å². The van der Waals surface area contributed by atoms with E-state index >= 15 is 0 Å². The third-order valence-corrected chi connectivity index (χ3v) is 6.62. The lowest BCUT2D eigenvalue weighted by atomic mass is 9.81. The molecule has 140 valence electrons. The Hall–Kier alpha value is -1.84. The molecule has 7 nitrogen and oxygen atoms in total. The van der Waals surface area contributed by atoms with Crippen molar-refractivity contribution in [3.63, 3.8) is 0 Å². The van der Waals surface area contributed by atoms with Crippen LogP contribution >= 0.6 is 22.9 Å². The van der Waals surface area contributed by atoms with Gasteiger partial charge in [0.2, 0.25) is 0 Å². The van der Waals surface area contributed by atoms with Crippen LogP contribution in [0.3, 0.4) is 0 Å². The molecule has 0 aliphatic carbocycles. The minimum absolute atomic E-state index is 0.181. The van der Waals surface area contributed by atoms with Gasteiger partial charge in [0, 0.05) is 16.0 Å². The average molecular weight is 395 g/mol.